The highest BCUT2D eigenvalue weighted by Crippen LogP contribution is 2.39. The Bertz CT molecular complexity index is 875. The van der Waals surface area contributed by atoms with Gasteiger partial charge >= 0.3 is 0 Å². The summed E-state index contributed by atoms with van der Waals surface area (Å²) >= 11 is 0. The molecule has 28 heavy (non-hydrogen) atoms. The number of aliphatic hydroxyl groups is 1. The average molecular weight is 374 g/mol. The summed E-state index contributed by atoms with van der Waals surface area (Å²) in [7, 11) is 0. The molecular weight excluding hydrogens is 346 g/mol. The fraction of sp³-hybridized carbons (Fsp3) is 0.417. The summed E-state index contributed by atoms with van der Waals surface area (Å²) in [5.74, 6) is 0. The Kier molecular flexibility index (Phi) is 6.02. The lowest BCUT2D eigenvalue weighted by molar-refractivity contribution is 0.266. The number of hydrogen-bond acceptors (Lipinski definition) is 4. The molecule has 1 saturated heterocycles. The first-order chi connectivity index (χ1) is 13.5. The van der Waals surface area contributed by atoms with E-state index in [1.165, 1.54) is 0 Å². The molecule has 0 amide bonds. The maximum atomic E-state index is 9.52. The van der Waals surface area contributed by atoms with Crippen LogP contribution in [0.1, 0.15) is 45.1 Å². The van der Waals surface area contributed by atoms with E-state index < -0.39 is 0 Å². The second-order valence-electron chi connectivity index (χ2n) is 8.46. The summed E-state index contributed by atoms with van der Waals surface area (Å²) in [5.41, 5.74) is 4.48. The number of aliphatic hydroxyl groups excluding tert-OH is 1. The lowest BCUT2D eigenvalue weighted by Gasteiger charge is -2.30. The second kappa shape index (κ2) is 8.46. The maximum Gasteiger partial charge on any atom is 0.132 e. The molecule has 0 spiro atoms. The zero-order valence-corrected chi connectivity index (χ0v) is 16.7. The fourth-order valence-electron chi connectivity index (χ4n) is 4.24. The van der Waals surface area contributed by atoms with Gasteiger partial charge in [0.05, 0.1) is 12.6 Å². The third kappa shape index (κ3) is 4.53. The van der Waals surface area contributed by atoms with Crippen LogP contribution in [0.15, 0.2) is 53.1 Å². The smallest absolute Gasteiger partial charge is 0.132 e. The standard InChI is InChI=1S/C24H27N3O/c1-24(2)13-19(12-20(14-24)21(15-25)16-26)6-5-18-7-9-22(10-8-18)27-11-3-4-23(27)17-28/h5-10,12,23,28H,3-4,11,13-14,17H2,1-2H3/b6-5+. The summed E-state index contributed by atoms with van der Waals surface area (Å²) < 4.78 is 0. The van der Waals surface area contributed by atoms with E-state index in [4.69, 9.17) is 0 Å². The Hall–Kier alpha value is -2.82. The quantitative estimate of drug-likeness (QED) is 0.773. The maximum absolute atomic E-state index is 9.52. The Morgan fingerprint density at radius 2 is 1.89 bits per heavy atom. The number of allylic oxidation sites excluding steroid dienone is 5. The van der Waals surface area contributed by atoms with Crippen molar-refractivity contribution in [3.8, 4) is 12.1 Å². The van der Waals surface area contributed by atoms with Gasteiger partial charge < -0.3 is 10.0 Å². The first-order valence-corrected chi connectivity index (χ1v) is 9.85. The summed E-state index contributed by atoms with van der Waals surface area (Å²) in [6, 6.07) is 12.7. The van der Waals surface area contributed by atoms with Gasteiger partial charge in [0.1, 0.15) is 17.7 Å². The van der Waals surface area contributed by atoms with E-state index in [9.17, 15) is 15.6 Å². The molecule has 4 nitrogen and oxygen atoms in total. The van der Waals surface area contributed by atoms with Gasteiger partial charge in [-0.25, -0.2) is 0 Å². The van der Waals surface area contributed by atoms with Crippen LogP contribution >= 0.6 is 0 Å². The van der Waals surface area contributed by atoms with Crippen molar-refractivity contribution in [1.29, 1.82) is 10.5 Å². The Morgan fingerprint density at radius 3 is 2.54 bits per heavy atom. The van der Waals surface area contributed by atoms with Gasteiger partial charge in [-0.3, -0.25) is 0 Å². The van der Waals surface area contributed by atoms with Gasteiger partial charge in [0.25, 0.3) is 0 Å². The van der Waals surface area contributed by atoms with E-state index in [-0.39, 0.29) is 23.6 Å². The van der Waals surface area contributed by atoms with Crippen LogP contribution < -0.4 is 4.90 Å². The van der Waals surface area contributed by atoms with E-state index >= 15 is 0 Å². The lowest BCUT2D eigenvalue weighted by atomic mass is 9.74. The second-order valence-corrected chi connectivity index (χ2v) is 8.46. The van der Waals surface area contributed by atoms with Crippen molar-refractivity contribution in [3.05, 3.63) is 58.7 Å². The van der Waals surface area contributed by atoms with Gasteiger partial charge in [-0.1, -0.05) is 44.2 Å². The largest absolute Gasteiger partial charge is 0.394 e. The third-order valence-electron chi connectivity index (χ3n) is 5.56. The molecule has 1 aliphatic heterocycles. The number of anilines is 1. The van der Waals surface area contributed by atoms with Crippen LogP contribution in [0.5, 0.6) is 0 Å². The van der Waals surface area contributed by atoms with Crippen LogP contribution in [-0.4, -0.2) is 24.3 Å². The molecule has 0 bridgehead atoms. The van der Waals surface area contributed by atoms with Gasteiger partial charge in [0, 0.05) is 12.2 Å². The van der Waals surface area contributed by atoms with Crippen LogP contribution in [0.25, 0.3) is 6.08 Å². The van der Waals surface area contributed by atoms with Crippen LogP contribution in [0.4, 0.5) is 5.69 Å². The van der Waals surface area contributed by atoms with E-state index in [1.807, 2.05) is 18.2 Å². The molecule has 1 atom stereocenters. The van der Waals surface area contributed by atoms with Gasteiger partial charge in [0.15, 0.2) is 0 Å². The number of nitrogens with zero attached hydrogens (tertiary/aromatic N) is 3. The molecule has 2 aliphatic rings. The molecule has 1 heterocycles. The molecule has 1 fully saturated rings. The van der Waals surface area contributed by atoms with E-state index in [0.717, 1.165) is 54.6 Å². The van der Waals surface area contributed by atoms with Crippen molar-refractivity contribution >= 4 is 11.8 Å². The minimum Gasteiger partial charge on any atom is -0.394 e. The monoisotopic (exact) mass is 373 g/mol. The van der Waals surface area contributed by atoms with E-state index in [1.54, 1.807) is 0 Å². The van der Waals surface area contributed by atoms with Crippen molar-refractivity contribution < 1.29 is 5.11 Å². The summed E-state index contributed by atoms with van der Waals surface area (Å²) in [4.78, 5) is 2.28. The van der Waals surface area contributed by atoms with Crippen LogP contribution in [0, 0.1) is 28.1 Å². The number of rotatable bonds is 4. The fourth-order valence-corrected chi connectivity index (χ4v) is 4.24. The zero-order valence-electron chi connectivity index (χ0n) is 16.7. The number of hydrogen-bond donors (Lipinski definition) is 1. The Balaban J connectivity index is 1.78. The topological polar surface area (TPSA) is 71.0 Å². The first-order valence-electron chi connectivity index (χ1n) is 9.85. The molecule has 3 rings (SSSR count). The predicted octanol–water partition coefficient (Wildman–Crippen LogP) is 4.75. The van der Waals surface area contributed by atoms with Crippen molar-refractivity contribution in [3.63, 3.8) is 0 Å². The highest BCUT2D eigenvalue weighted by molar-refractivity contribution is 5.60. The van der Waals surface area contributed by atoms with Gasteiger partial charge in [0.2, 0.25) is 0 Å². The zero-order chi connectivity index (χ0) is 20.1. The third-order valence-corrected chi connectivity index (χ3v) is 5.56. The minimum atomic E-state index is 0.0294. The number of nitriles is 2. The molecule has 0 aromatic heterocycles. The van der Waals surface area contributed by atoms with Gasteiger partial charge in [-0.05, 0) is 59.9 Å². The molecule has 1 aromatic carbocycles. The van der Waals surface area contributed by atoms with Gasteiger partial charge in [-0.2, -0.15) is 10.5 Å². The van der Waals surface area contributed by atoms with Gasteiger partial charge in [-0.15, -0.1) is 0 Å². The van der Waals surface area contributed by atoms with E-state index in [2.05, 4.69) is 55.2 Å². The highest BCUT2D eigenvalue weighted by Gasteiger charge is 2.26. The molecule has 1 N–H and O–H groups in total. The van der Waals surface area contributed by atoms with Crippen molar-refractivity contribution in [1.82, 2.24) is 0 Å². The lowest BCUT2D eigenvalue weighted by Crippen LogP contribution is -2.31. The summed E-state index contributed by atoms with van der Waals surface area (Å²) in [6.07, 6.45) is 10.0. The molecule has 4 heteroatoms. The molecule has 1 unspecified atom stereocenters. The normalized spacial score (nSPS) is 21.3. The molecule has 144 valence electrons. The predicted molar refractivity (Wildman–Crippen MR) is 112 cm³/mol. The van der Waals surface area contributed by atoms with Crippen LogP contribution in [-0.2, 0) is 0 Å². The summed E-state index contributed by atoms with van der Waals surface area (Å²) in [6.45, 7) is 5.54. The first kappa shape index (κ1) is 19.9. The molecular formula is C24H27N3O. The minimum absolute atomic E-state index is 0.0294. The summed E-state index contributed by atoms with van der Waals surface area (Å²) in [5, 5.41) is 27.9. The molecule has 0 radical (unpaired) electrons. The van der Waals surface area contributed by atoms with Crippen molar-refractivity contribution in [2.45, 2.75) is 45.6 Å². The van der Waals surface area contributed by atoms with Crippen LogP contribution in [0.3, 0.4) is 0 Å². The van der Waals surface area contributed by atoms with Crippen molar-refractivity contribution in [2.75, 3.05) is 18.1 Å². The van der Waals surface area contributed by atoms with Crippen molar-refractivity contribution in [2.24, 2.45) is 5.41 Å². The van der Waals surface area contributed by atoms with E-state index in [0.29, 0.717) is 0 Å². The molecule has 1 aliphatic carbocycles. The highest BCUT2D eigenvalue weighted by atomic mass is 16.3. The molecule has 1 aromatic rings. The Morgan fingerprint density at radius 1 is 1.18 bits per heavy atom. The SMILES string of the molecule is CC1(C)CC(/C=C/c2ccc(N3CCCC3CO)cc2)=CC(=C(C#N)C#N)C1. The molecule has 0 saturated carbocycles. The van der Waals surface area contributed by atoms with Crippen LogP contribution in [0.2, 0.25) is 0 Å². The Labute approximate surface area is 167 Å². The number of benzene rings is 1. The average Bonchev–Trinajstić information content (AvgIpc) is 3.15.